The van der Waals surface area contributed by atoms with Gasteiger partial charge in [0, 0.05) is 10.6 Å². The van der Waals surface area contributed by atoms with E-state index in [2.05, 4.69) is 9.93 Å². The van der Waals surface area contributed by atoms with Gasteiger partial charge in [-0.25, -0.2) is 4.83 Å². The minimum absolute atomic E-state index is 0.152. The van der Waals surface area contributed by atoms with E-state index >= 15 is 0 Å². The van der Waals surface area contributed by atoms with Crippen molar-refractivity contribution in [3.05, 3.63) is 95.0 Å². The molecule has 3 rings (SSSR count). The Morgan fingerprint density at radius 2 is 1.70 bits per heavy atom. The first-order chi connectivity index (χ1) is 13.0. The first-order valence-electron chi connectivity index (χ1n) is 8.11. The maximum atomic E-state index is 12.1. The van der Waals surface area contributed by atoms with Gasteiger partial charge < -0.3 is 4.74 Å². The van der Waals surface area contributed by atoms with Gasteiger partial charge in [0.2, 0.25) is 0 Å². The van der Waals surface area contributed by atoms with Crippen molar-refractivity contribution in [1.82, 2.24) is 4.83 Å². The number of hydrogen-bond acceptors (Lipinski definition) is 4. The van der Waals surface area contributed by atoms with Gasteiger partial charge in [0.15, 0.2) is 0 Å². The van der Waals surface area contributed by atoms with E-state index in [9.17, 15) is 8.42 Å². The Hall–Kier alpha value is -2.83. The van der Waals surface area contributed by atoms with E-state index < -0.39 is 10.0 Å². The van der Waals surface area contributed by atoms with E-state index in [4.69, 9.17) is 16.3 Å². The second kappa shape index (κ2) is 8.70. The second-order valence-corrected chi connectivity index (χ2v) is 7.69. The van der Waals surface area contributed by atoms with E-state index in [1.165, 1.54) is 18.3 Å². The molecule has 0 radical (unpaired) electrons. The van der Waals surface area contributed by atoms with Crippen molar-refractivity contribution >= 4 is 27.8 Å². The molecule has 0 spiro atoms. The Balaban J connectivity index is 1.64. The lowest BCUT2D eigenvalue weighted by Gasteiger charge is -2.08. The van der Waals surface area contributed by atoms with Crippen LogP contribution in [0, 0.1) is 0 Å². The van der Waals surface area contributed by atoms with Gasteiger partial charge in [0.05, 0.1) is 11.1 Å². The lowest BCUT2D eigenvalue weighted by molar-refractivity contribution is 0.306. The largest absolute Gasteiger partial charge is 0.489 e. The average Bonchev–Trinajstić information content (AvgIpc) is 2.68. The van der Waals surface area contributed by atoms with E-state index in [0.29, 0.717) is 22.9 Å². The van der Waals surface area contributed by atoms with Crippen molar-refractivity contribution in [2.45, 2.75) is 11.5 Å². The molecule has 0 unspecified atom stereocenters. The zero-order chi connectivity index (χ0) is 19.1. The number of ether oxygens (including phenoxy) is 1. The first-order valence-corrected chi connectivity index (χ1v) is 9.97. The summed E-state index contributed by atoms with van der Waals surface area (Å²) < 4.78 is 30.0. The Morgan fingerprint density at radius 3 is 2.48 bits per heavy atom. The lowest BCUT2D eigenvalue weighted by Crippen LogP contribution is -2.18. The number of hydrazone groups is 1. The third-order valence-corrected chi connectivity index (χ3v) is 5.26. The molecule has 5 nitrogen and oxygen atoms in total. The molecule has 0 heterocycles. The van der Waals surface area contributed by atoms with Crippen LogP contribution in [-0.4, -0.2) is 14.6 Å². The van der Waals surface area contributed by atoms with Crippen LogP contribution in [-0.2, 0) is 16.6 Å². The molecule has 0 aliphatic heterocycles. The number of nitrogens with zero attached hydrogens (tertiary/aromatic N) is 1. The summed E-state index contributed by atoms with van der Waals surface area (Å²) in [5, 5.41) is 4.47. The maximum Gasteiger partial charge on any atom is 0.276 e. The molecule has 0 aliphatic carbocycles. The molecule has 1 N–H and O–H groups in total. The molecular weight excluding hydrogens is 384 g/mol. The molecule has 27 heavy (non-hydrogen) atoms. The smallest absolute Gasteiger partial charge is 0.276 e. The summed E-state index contributed by atoms with van der Waals surface area (Å²) in [4.78, 5) is 2.34. The summed E-state index contributed by atoms with van der Waals surface area (Å²) in [6.07, 6.45) is 1.42. The molecule has 0 atom stereocenters. The number of nitrogens with one attached hydrogen (secondary N) is 1. The van der Waals surface area contributed by atoms with Gasteiger partial charge in [0.25, 0.3) is 10.0 Å². The number of rotatable bonds is 7. The van der Waals surface area contributed by atoms with Crippen LogP contribution in [0.3, 0.4) is 0 Å². The van der Waals surface area contributed by atoms with Crippen LogP contribution in [0.4, 0.5) is 0 Å². The highest BCUT2D eigenvalue weighted by molar-refractivity contribution is 7.89. The number of sulfonamides is 1. The molecule has 3 aromatic rings. The number of benzene rings is 3. The lowest BCUT2D eigenvalue weighted by atomic mass is 10.2. The highest BCUT2D eigenvalue weighted by Crippen LogP contribution is 2.19. The fourth-order valence-electron chi connectivity index (χ4n) is 2.28. The third-order valence-electron chi connectivity index (χ3n) is 3.65. The van der Waals surface area contributed by atoms with Crippen molar-refractivity contribution in [2.24, 2.45) is 5.10 Å². The quantitative estimate of drug-likeness (QED) is 0.476. The van der Waals surface area contributed by atoms with Gasteiger partial charge >= 0.3 is 0 Å². The predicted molar refractivity (Wildman–Crippen MR) is 107 cm³/mol. The van der Waals surface area contributed by atoms with Gasteiger partial charge in [-0.2, -0.15) is 13.5 Å². The van der Waals surface area contributed by atoms with Crippen LogP contribution < -0.4 is 9.57 Å². The van der Waals surface area contributed by atoms with Gasteiger partial charge in [0.1, 0.15) is 12.4 Å². The molecule has 7 heteroatoms. The van der Waals surface area contributed by atoms with Crippen LogP contribution in [0.5, 0.6) is 5.75 Å². The second-order valence-electron chi connectivity index (χ2n) is 5.62. The summed E-state index contributed by atoms with van der Waals surface area (Å²) in [5.74, 6) is 0.629. The molecule has 0 aliphatic rings. The van der Waals surface area contributed by atoms with Crippen molar-refractivity contribution in [1.29, 1.82) is 0 Å². The average molecular weight is 401 g/mol. The van der Waals surface area contributed by atoms with Crippen molar-refractivity contribution in [3.63, 3.8) is 0 Å². The molecule has 0 fully saturated rings. The fourth-order valence-corrected chi connectivity index (χ4v) is 3.29. The van der Waals surface area contributed by atoms with Crippen LogP contribution in [0.2, 0.25) is 5.02 Å². The van der Waals surface area contributed by atoms with Gasteiger partial charge in [-0.05, 0) is 35.9 Å². The Morgan fingerprint density at radius 1 is 0.963 bits per heavy atom. The Kier molecular flexibility index (Phi) is 6.11. The Labute approximate surface area is 163 Å². The fraction of sp³-hybridized carbons (Fsp3) is 0.0500. The first kappa shape index (κ1) is 18.9. The van der Waals surface area contributed by atoms with Crippen molar-refractivity contribution < 1.29 is 13.2 Å². The molecule has 3 aromatic carbocycles. The van der Waals surface area contributed by atoms with E-state index in [1.807, 2.05) is 30.3 Å². The number of halogens is 1. The van der Waals surface area contributed by atoms with Crippen molar-refractivity contribution in [2.75, 3.05) is 0 Å². The van der Waals surface area contributed by atoms with Crippen LogP contribution in [0.25, 0.3) is 0 Å². The molecule has 0 aromatic heterocycles. The minimum Gasteiger partial charge on any atom is -0.489 e. The molecule has 138 valence electrons. The SMILES string of the molecule is O=S(=O)(N/N=C\c1cccc(OCc2ccccc2Cl)c1)c1ccccc1. The monoisotopic (exact) mass is 400 g/mol. The molecule has 0 bridgehead atoms. The maximum absolute atomic E-state index is 12.1. The van der Waals surface area contributed by atoms with Crippen LogP contribution in [0.15, 0.2) is 88.9 Å². The van der Waals surface area contributed by atoms with Gasteiger partial charge in [-0.15, -0.1) is 0 Å². The van der Waals surface area contributed by atoms with E-state index in [0.717, 1.165) is 5.56 Å². The summed E-state index contributed by atoms with van der Waals surface area (Å²) in [6.45, 7) is 0.334. The zero-order valence-electron chi connectivity index (χ0n) is 14.2. The standard InChI is InChI=1S/C20H17ClN2O3S/c21-20-12-5-4-8-17(20)15-26-18-9-6-7-16(13-18)14-22-23-27(24,25)19-10-2-1-3-11-19/h1-14,23H,15H2/b22-14-. The third kappa shape index (κ3) is 5.32. The normalized spacial score (nSPS) is 11.4. The van der Waals surface area contributed by atoms with Gasteiger partial charge in [-0.3, -0.25) is 0 Å². The summed E-state index contributed by atoms with van der Waals surface area (Å²) in [7, 11) is -3.69. The molecule has 0 saturated carbocycles. The Bertz CT molecular complexity index is 1040. The minimum atomic E-state index is -3.69. The molecular formula is C20H17ClN2O3S. The van der Waals surface area contributed by atoms with Crippen LogP contribution in [0.1, 0.15) is 11.1 Å². The zero-order valence-corrected chi connectivity index (χ0v) is 15.8. The van der Waals surface area contributed by atoms with Gasteiger partial charge in [-0.1, -0.05) is 60.1 Å². The number of hydrogen-bond donors (Lipinski definition) is 1. The van der Waals surface area contributed by atoms with Crippen LogP contribution >= 0.6 is 11.6 Å². The predicted octanol–water partition coefficient (Wildman–Crippen LogP) is 4.23. The topological polar surface area (TPSA) is 67.8 Å². The van der Waals surface area contributed by atoms with E-state index in [-0.39, 0.29) is 4.90 Å². The van der Waals surface area contributed by atoms with E-state index in [1.54, 1.807) is 36.4 Å². The van der Waals surface area contributed by atoms with Crippen molar-refractivity contribution in [3.8, 4) is 5.75 Å². The molecule has 0 amide bonds. The summed E-state index contributed by atoms with van der Waals surface area (Å²) in [6, 6.07) is 22.7. The summed E-state index contributed by atoms with van der Waals surface area (Å²) in [5.41, 5.74) is 1.58. The molecule has 0 saturated heterocycles. The highest BCUT2D eigenvalue weighted by Gasteiger charge is 2.11. The highest BCUT2D eigenvalue weighted by atomic mass is 35.5. The summed E-state index contributed by atoms with van der Waals surface area (Å²) >= 11 is 6.12.